The second-order valence-electron chi connectivity index (χ2n) is 3.87. The average molecular weight is 399 g/mol. The van der Waals surface area contributed by atoms with Crippen molar-refractivity contribution in [2.45, 2.75) is 11.4 Å². The van der Waals surface area contributed by atoms with Crippen molar-refractivity contribution in [3.63, 3.8) is 0 Å². The number of hydrogen-bond donors (Lipinski definition) is 1. The van der Waals surface area contributed by atoms with Gasteiger partial charge in [-0.3, -0.25) is 4.68 Å². The van der Waals surface area contributed by atoms with E-state index in [1.165, 1.54) is 12.1 Å². The number of rotatable bonds is 5. The first-order valence-corrected chi connectivity index (χ1v) is 8.55. The molecular weight excluding hydrogens is 389 g/mol. The molecule has 0 aliphatic heterocycles. The number of nitrogens with one attached hydrogen (secondary N) is 1. The van der Waals surface area contributed by atoms with Crippen LogP contribution < -0.4 is 4.72 Å². The molecule has 2 rings (SSSR count). The quantitative estimate of drug-likeness (QED) is 0.841. The Kier molecular flexibility index (Phi) is 5.09. The van der Waals surface area contributed by atoms with E-state index in [2.05, 4.69) is 25.8 Å². The predicted molar refractivity (Wildman–Crippen MR) is 81.6 cm³/mol. The number of hydrogen-bond acceptors (Lipinski definition) is 3. The van der Waals surface area contributed by atoms with Crippen LogP contribution in [-0.2, 0) is 16.6 Å². The molecule has 0 atom stereocenters. The van der Waals surface area contributed by atoms with Crippen molar-refractivity contribution in [1.82, 2.24) is 14.5 Å². The van der Waals surface area contributed by atoms with Crippen LogP contribution in [0.5, 0.6) is 0 Å². The Morgan fingerprint density at radius 1 is 1.30 bits per heavy atom. The Balaban J connectivity index is 2.14. The van der Waals surface area contributed by atoms with E-state index in [9.17, 15) is 8.42 Å². The summed E-state index contributed by atoms with van der Waals surface area (Å²) < 4.78 is 29.1. The van der Waals surface area contributed by atoms with Crippen LogP contribution in [0.3, 0.4) is 0 Å². The summed E-state index contributed by atoms with van der Waals surface area (Å²) >= 11 is 15.1. The molecule has 108 valence electrons. The lowest BCUT2D eigenvalue weighted by Gasteiger charge is -2.10. The molecule has 0 amide bonds. The second-order valence-corrected chi connectivity index (χ2v) is 7.30. The normalized spacial score (nSPS) is 11.8. The maximum atomic E-state index is 12.2. The number of halogens is 3. The molecule has 1 N–H and O–H groups in total. The topological polar surface area (TPSA) is 64.0 Å². The van der Waals surface area contributed by atoms with Gasteiger partial charge in [0.15, 0.2) is 0 Å². The zero-order valence-electron chi connectivity index (χ0n) is 10.1. The average Bonchev–Trinajstić information content (AvgIpc) is 2.79. The summed E-state index contributed by atoms with van der Waals surface area (Å²) in [6.45, 7) is 0.602. The molecule has 1 heterocycles. The smallest absolute Gasteiger partial charge is 0.243 e. The van der Waals surface area contributed by atoms with Gasteiger partial charge in [0, 0.05) is 23.4 Å². The first-order valence-electron chi connectivity index (χ1n) is 5.52. The molecule has 0 radical (unpaired) electrons. The van der Waals surface area contributed by atoms with E-state index in [-0.39, 0.29) is 21.5 Å². The van der Waals surface area contributed by atoms with Gasteiger partial charge in [-0.15, -0.1) is 0 Å². The van der Waals surface area contributed by atoms with Crippen molar-refractivity contribution >= 4 is 49.2 Å². The summed E-state index contributed by atoms with van der Waals surface area (Å²) in [6, 6.07) is 4.72. The zero-order chi connectivity index (χ0) is 14.8. The first-order chi connectivity index (χ1) is 9.40. The highest BCUT2D eigenvalue weighted by Crippen LogP contribution is 2.32. The standard InChI is InChI=1S/C11H10BrCl2N3O2S/c12-8-6-9(13)11(10(14)7-8)20(18,19)16-3-5-17-4-1-2-15-17/h1-2,4,6-7,16H,3,5H2. The summed E-state index contributed by atoms with van der Waals surface area (Å²) in [5.41, 5.74) is 0. The number of nitrogens with zero attached hydrogens (tertiary/aromatic N) is 2. The molecule has 0 fully saturated rings. The van der Waals surface area contributed by atoms with Crippen molar-refractivity contribution in [3.05, 3.63) is 45.1 Å². The molecule has 0 unspecified atom stereocenters. The highest BCUT2D eigenvalue weighted by atomic mass is 79.9. The van der Waals surface area contributed by atoms with Gasteiger partial charge < -0.3 is 0 Å². The van der Waals surface area contributed by atoms with E-state index in [4.69, 9.17) is 23.2 Å². The third kappa shape index (κ3) is 3.73. The summed E-state index contributed by atoms with van der Waals surface area (Å²) in [7, 11) is -3.77. The number of benzene rings is 1. The molecule has 0 spiro atoms. The van der Waals surface area contributed by atoms with Crippen molar-refractivity contribution in [1.29, 1.82) is 0 Å². The second kappa shape index (κ2) is 6.44. The Hall–Kier alpha value is -0.600. The monoisotopic (exact) mass is 397 g/mol. The molecule has 0 aliphatic carbocycles. The summed E-state index contributed by atoms with van der Waals surface area (Å²) in [4.78, 5) is -0.121. The third-order valence-electron chi connectivity index (χ3n) is 2.42. The van der Waals surface area contributed by atoms with Crippen molar-refractivity contribution in [2.24, 2.45) is 0 Å². The zero-order valence-corrected chi connectivity index (χ0v) is 14.0. The van der Waals surface area contributed by atoms with Gasteiger partial charge in [-0.05, 0) is 18.2 Å². The van der Waals surface area contributed by atoms with E-state index in [0.717, 1.165) is 0 Å². The van der Waals surface area contributed by atoms with Crippen LogP contribution in [0.2, 0.25) is 10.0 Å². The molecule has 20 heavy (non-hydrogen) atoms. The van der Waals surface area contributed by atoms with Crippen LogP contribution in [0.25, 0.3) is 0 Å². The molecule has 0 saturated carbocycles. The first kappa shape index (κ1) is 15.8. The fourth-order valence-electron chi connectivity index (χ4n) is 1.59. The van der Waals surface area contributed by atoms with E-state index >= 15 is 0 Å². The molecule has 0 saturated heterocycles. The molecule has 5 nitrogen and oxygen atoms in total. The van der Waals surface area contributed by atoms with Gasteiger partial charge in [0.2, 0.25) is 10.0 Å². The molecular formula is C11H10BrCl2N3O2S. The van der Waals surface area contributed by atoms with Crippen LogP contribution in [0.1, 0.15) is 0 Å². The summed E-state index contributed by atoms with van der Waals surface area (Å²) in [5.74, 6) is 0. The lowest BCUT2D eigenvalue weighted by atomic mass is 10.4. The molecule has 2 aromatic rings. The van der Waals surface area contributed by atoms with Gasteiger partial charge in [-0.1, -0.05) is 39.1 Å². The lowest BCUT2D eigenvalue weighted by Crippen LogP contribution is -2.28. The Morgan fingerprint density at radius 2 is 1.95 bits per heavy atom. The predicted octanol–water partition coefficient (Wildman–Crippen LogP) is 2.93. The van der Waals surface area contributed by atoms with Gasteiger partial charge in [0.25, 0.3) is 0 Å². The van der Waals surface area contributed by atoms with Crippen molar-refractivity contribution in [3.8, 4) is 0 Å². The van der Waals surface area contributed by atoms with Crippen LogP contribution in [0.4, 0.5) is 0 Å². The van der Waals surface area contributed by atoms with Gasteiger partial charge in [0.05, 0.1) is 16.6 Å². The molecule has 0 aliphatic rings. The highest BCUT2D eigenvalue weighted by Gasteiger charge is 2.21. The maximum absolute atomic E-state index is 12.2. The van der Waals surface area contributed by atoms with E-state index in [0.29, 0.717) is 11.0 Å². The minimum atomic E-state index is -3.77. The Morgan fingerprint density at radius 3 is 2.50 bits per heavy atom. The number of sulfonamides is 1. The largest absolute Gasteiger partial charge is 0.271 e. The summed E-state index contributed by atoms with van der Waals surface area (Å²) in [6.07, 6.45) is 3.37. The molecule has 1 aromatic heterocycles. The fourth-order valence-corrected chi connectivity index (χ4v) is 4.54. The minimum Gasteiger partial charge on any atom is -0.271 e. The molecule has 9 heteroatoms. The highest BCUT2D eigenvalue weighted by molar-refractivity contribution is 9.10. The Labute approximate surface area is 135 Å². The lowest BCUT2D eigenvalue weighted by molar-refractivity contribution is 0.561. The van der Waals surface area contributed by atoms with Gasteiger partial charge in [-0.2, -0.15) is 5.10 Å². The van der Waals surface area contributed by atoms with Crippen LogP contribution in [-0.4, -0.2) is 24.7 Å². The minimum absolute atomic E-state index is 0.0657. The van der Waals surface area contributed by atoms with E-state index in [1.54, 1.807) is 23.1 Å². The molecule has 0 bridgehead atoms. The maximum Gasteiger partial charge on any atom is 0.243 e. The van der Waals surface area contributed by atoms with Crippen molar-refractivity contribution in [2.75, 3.05) is 6.54 Å². The van der Waals surface area contributed by atoms with Crippen molar-refractivity contribution < 1.29 is 8.42 Å². The SMILES string of the molecule is O=S(=O)(NCCn1cccn1)c1c(Cl)cc(Br)cc1Cl. The van der Waals surface area contributed by atoms with E-state index in [1.807, 2.05) is 0 Å². The molecule has 1 aromatic carbocycles. The Bertz CT molecular complexity index is 681. The summed E-state index contributed by atoms with van der Waals surface area (Å²) in [5, 5.41) is 4.11. The van der Waals surface area contributed by atoms with Crippen LogP contribution in [0, 0.1) is 0 Å². The van der Waals surface area contributed by atoms with Crippen LogP contribution in [0.15, 0.2) is 40.0 Å². The number of aromatic nitrogens is 2. The third-order valence-corrected chi connectivity index (χ3v) is 5.26. The van der Waals surface area contributed by atoms with E-state index < -0.39 is 10.0 Å². The van der Waals surface area contributed by atoms with Crippen LogP contribution >= 0.6 is 39.1 Å². The van der Waals surface area contributed by atoms with Gasteiger partial charge in [-0.25, -0.2) is 13.1 Å². The van der Waals surface area contributed by atoms with Gasteiger partial charge in [0.1, 0.15) is 4.90 Å². The fraction of sp³-hybridized carbons (Fsp3) is 0.182. The van der Waals surface area contributed by atoms with Gasteiger partial charge >= 0.3 is 0 Å².